The van der Waals surface area contributed by atoms with Crippen LogP contribution in [-0.4, -0.2) is 18.2 Å². The molecule has 0 radical (unpaired) electrons. The fraction of sp³-hybridized carbons (Fsp3) is 0.333. The van der Waals surface area contributed by atoms with Gasteiger partial charge in [-0.15, -0.1) is 0 Å². The predicted octanol–water partition coefficient (Wildman–Crippen LogP) is 6.47. The van der Waals surface area contributed by atoms with Crippen LogP contribution in [0.4, 0.5) is 0 Å². The second-order valence-corrected chi connectivity index (χ2v) is 9.70. The van der Waals surface area contributed by atoms with E-state index >= 15 is 0 Å². The largest absolute Gasteiger partial charge is 0.335 e. The van der Waals surface area contributed by atoms with Crippen LogP contribution in [0.25, 0.3) is 22.0 Å². The van der Waals surface area contributed by atoms with Crippen molar-refractivity contribution in [2.45, 2.75) is 39.3 Å². The van der Waals surface area contributed by atoms with E-state index in [4.69, 9.17) is 9.05 Å². The average molecular weight is 422 g/mol. The van der Waals surface area contributed by atoms with Crippen LogP contribution in [0.1, 0.15) is 38.8 Å². The number of fused-ring (bicyclic) bond motifs is 1. The maximum Gasteiger partial charge on any atom is 0.335 e. The first-order valence-corrected chi connectivity index (χ1v) is 11.8. The van der Waals surface area contributed by atoms with Crippen molar-refractivity contribution in [1.82, 2.24) is 4.98 Å². The molecule has 0 atom stereocenters. The van der Waals surface area contributed by atoms with Crippen LogP contribution in [0.3, 0.4) is 0 Å². The molecular weight excluding hydrogens is 395 g/mol. The minimum atomic E-state index is -3.20. The Balaban J connectivity index is 2.11. The monoisotopic (exact) mass is 422 g/mol. The molecule has 0 aliphatic carbocycles. The molecule has 2 aromatic carbocycles. The fourth-order valence-electron chi connectivity index (χ4n) is 3.42. The van der Waals surface area contributed by atoms with Gasteiger partial charge >= 0.3 is 7.60 Å². The highest BCUT2D eigenvalue weighted by Crippen LogP contribution is 2.51. The topological polar surface area (TPSA) is 72.2 Å². The van der Waals surface area contributed by atoms with Crippen molar-refractivity contribution in [1.29, 1.82) is 5.26 Å². The van der Waals surface area contributed by atoms with Crippen LogP contribution in [-0.2, 0) is 25.2 Å². The van der Waals surface area contributed by atoms with E-state index in [1.165, 1.54) is 0 Å². The number of hydrogen-bond donors (Lipinski definition) is 0. The summed E-state index contributed by atoms with van der Waals surface area (Å²) in [6.45, 7) is 8.09. The van der Waals surface area contributed by atoms with Gasteiger partial charge in [0, 0.05) is 17.1 Å². The first kappa shape index (κ1) is 22.2. The number of hydrogen-bond acceptors (Lipinski definition) is 5. The maximum atomic E-state index is 13.0. The first-order chi connectivity index (χ1) is 14.3. The van der Waals surface area contributed by atoms with Crippen molar-refractivity contribution < 1.29 is 13.6 Å². The van der Waals surface area contributed by atoms with Crippen LogP contribution in [0.15, 0.2) is 54.7 Å². The Hall–Kier alpha value is -2.51. The summed E-state index contributed by atoms with van der Waals surface area (Å²) in [5.74, 6) is 0. The van der Waals surface area contributed by atoms with Gasteiger partial charge in [0.2, 0.25) is 0 Å². The molecule has 3 aromatic rings. The van der Waals surface area contributed by atoms with Crippen molar-refractivity contribution in [3.63, 3.8) is 0 Å². The molecule has 0 aliphatic rings. The SMILES string of the molecule is CCOP(=O)(Cc1cccc(-c2cc(C(C)(C)C#N)cc3cccnc23)c1)OCC. The Morgan fingerprint density at radius 3 is 2.47 bits per heavy atom. The molecule has 0 aliphatic heterocycles. The molecule has 0 saturated carbocycles. The summed E-state index contributed by atoms with van der Waals surface area (Å²) < 4.78 is 23.9. The minimum Gasteiger partial charge on any atom is -0.309 e. The third kappa shape index (κ3) is 4.79. The van der Waals surface area contributed by atoms with E-state index in [1.807, 2.05) is 76.2 Å². The Labute approximate surface area is 178 Å². The van der Waals surface area contributed by atoms with E-state index < -0.39 is 13.0 Å². The second kappa shape index (κ2) is 9.10. The zero-order chi connectivity index (χ0) is 21.8. The number of aromatic nitrogens is 1. The standard InChI is InChI=1S/C24H27N2O3P/c1-5-28-30(27,29-6-2)16-18-9-7-10-19(13-18)22-15-21(24(3,4)17-25)14-20-11-8-12-26-23(20)22/h7-15H,5-6,16H2,1-4H3. The number of rotatable bonds is 8. The predicted molar refractivity (Wildman–Crippen MR) is 120 cm³/mol. The third-order valence-electron chi connectivity index (χ3n) is 4.97. The Bertz CT molecular complexity index is 1120. The van der Waals surface area contributed by atoms with Crippen LogP contribution in [0, 0.1) is 11.3 Å². The van der Waals surface area contributed by atoms with E-state index in [0.29, 0.717) is 13.2 Å². The lowest BCUT2D eigenvalue weighted by Crippen LogP contribution is -2.14. The summed E-state index contributed by atoms with van der Waals surface area (Å²) in [4.78, 5) is 4.58. The molecule has 0 saturated heterocycles. The summed E-state index contributed by atoms with van der Waals surface area (Å²) in [5, 5.41) is 10.6. The van der Waals surface area contributed by atoms with Gasteiger partial charge < -0.3 is 9.05 Å². The zero-order valence-corrected chi connectivity index (χ0v) is 18.8. The van der Waals surface area contributed by atoms with E-state index in [0.717, 1.165) is 33.2 Å². The molecule has 0 spiro atoms. The van der Waals surface area contributed by atoms with Crippen LogP contribution >= 0.6 is 7.60 Å². The highest BCUT2D eigenvalue weighted by atomic mass is 31.2. The van der Waals surface area contributed by atoms with Gasteiger partial charge in [-0.25, -0.2) is 0 Å². The lowest BCUT2D eigenvalue weighted by molar-refractivity contribution is 0.219. The van der Waals surface area contributed by atoms with Crippen LogP contribution in [0.2, 0.25) is 0 Å². The maximum absolute atomic E-state index is 13.0. The molecule has 156 valence electrons. The highest BCUT2D eigenvalue weighted by Gasteiger charge is 2.25. The molecule has 0 N–H and O–H groups in total. The quantitative estimate of drug-likeness (QED) is 0.389. The third-order valence-corrected chi connectivity index (χ3v) is 7.03. The smallest absolute Gasteiger partial charge is 0.309 e. The second-order valence-electron chi connectivity index (χ2n) is 7.64. The average Bonchev–Trinajstić information content (AvgIpc) is 2.73. The van der Waals surface area contributed by atoms with Crippen molar-refractivity contribution in [2.75, 3.05) is 13.2 Å². The van der Waals surface area contributed by atoms with Gasteiger partial charge in [-0.3, -0.25) is 9.55 Å². The van der Waals surface area contributed by atoms with Crippen LogP contribution < -0.4 is 0 Å². The van der Waals surface area contributed by atoms with Gasteiger partial charge in [0.05, 0.1) is 36.4 Å². The summed E-state index contributed by atoms with van der Waals surface area (Å²) >= 11 is 0. The van der Waals surface area contributed by atoms with Gasteiger partial charge in [0.1, 0.15) is 0 Å². The first-order valence-electron chi connectivity index (χ1n) is 10.1. The summed E-state index contributed by atoms with van der Waals surface area (Å²) in [6.07, 6.45) is 1.97. The number of nitrogens with zero attached hydrogens (tertiary/aromatic N) is 2. The van der Waals surface area contributed by atoms with Gasteiger partial charge in [-0.05, 0) is 62.6 Å². The Morgan fingerprint density at radius 2 is 1.80 bits per heavy atom. The van der Waals surface area contributed by atoms with E-state index in [1.54, 1.807) is 6.20 Å². The van der Waals surface area contributed by atoms with E-state index in [2.05, 4.69) is 11.1 Å². The van der Waals surface area contributed by atoms with E-state index in [9.17, 15) is 9.83 Å². The van der Waals surface area contributed by atoms with Crippen molar-refractivity contribution in [2.24, 2.45) is 0 Å². The summed E-state index contributed by atoms with van der Waals surface area (Å²) in [7, 11) is -3.20. The van der Waals surface area contributed by atoms with Crippen molar-refractivity contribution in [3.8, 4) is 17.2 Å². The molecule has 0 fully saturated rings. The van der Waals surface area contributed by atoms with Crippen molar-refractivity contribution in [3.05, 3.63) is 65.9 Å². The van der Waals surface area contributed by atoms with Gasteiger partial charge in [0.25, 0.3) is 0 Å². The van der Waals surface area contributed by atoms with Gasteiger partial charge in [-0.2, -0.15) is 5.26 Å². The van der Waals surface area contributed by atoms with Crippen LogP contribution in [0.5, 0.6) is 0 Å². The summed E-state index contributed by atoms with van der Waals surface area (Å²) in [6, 6.07) is 18.2. The van der Waals surface area contributed by atoms with Gasteiger partial charge in [0.15, 0.2) is 0 Å². The number of nitriles is 1. The Kier molecular flexibility index (Phi) is 6.73. The highest BCUT2D eigenvalue weighted by molar-refractivity contribution is 7.53. The zero-order valence-electron chi connectivity index (χ0n) is 17.9. The van der Waals surface area contributed by atoms with E-state index in [-0.39, 0.29) is 6.16 Å². The molecule has 0 unspecified atom stereocenters. The molecule has 0 bridgehead atoms. The lowest BCUT2D eigenvalue weighted by Gasteiger charge is -2.19. The van der Waals surface area contributed by atoms with Gasteiger partial charge in [-0.1, -0.05) is 30.3 Å². The normalized spacial score (nSPS) is 12.1. The molecule has 1 heterocycles. The summed E-state index contributed by atoms with van der Waals surface area (Å²) in [5.41, 5.74) is 3.93. The molecule has 1 aromatic heterocycles. The molecule has 30 heavy (non-hydrogen) atoms. The molecular formula is C24H27N2O3P. The number of pyridine rings is 1. The molecule has 5 nitrogen and oxygen atoms in total. The molecule has 0 amide bonds. The Morgan fingerprint density at radius 1 is 1.07 bits per heavy atom. The number of benzene rings is 2. The van der Waals surface area contributed by atoms with Crippen molar-refractivity contribution >= 4 is 18.5 Å². The molecule has 6 heteroatoms. The minimum absolute atomic E-state index is 0.206. The fourth-order valence-corrected chi connectivity index (χ4v) is 5.11. The molecule has 3 rings (SSSR count). The lowest BCUT2D eigenvalue weighted by atomic mass is 9.83.